The molecule has 5 nitrogen and oxygen atoms in total. The second-order valence-corrected chi connectivity index (χ2v) is 7.99. The van der Waals surface area contributed by atoms with Crippen LogP contribution in [0.25, 0.3) is 22.4 Å². The Balaban J connectivity index is 1.23. The summed E-state index contributed by atoms with van der Waals surface area (Å²) in [6.45, 7) is 2.62. The molecule has 0 unspecified atom stereocenters. The van der Waals surface area contributed by atoms with Gasteiger partial charge in [0.05, 0.1) is 5.69 Å². The highest BCUT2D eigenvalue weighted by Gasteiger charge is 2.23. The van der Waals surface area contributed by atoms with Crippen LogP contribution in [-0.2, 0) is 0 Å². The van der Waals surface area contributed by atoms with E-state index in [2.05, 4.69) is 27.0 Å². The highest BCUT2D eigenvalue weighted by Crippen LogP contribution is 2.23. The zero-order valence-electron chi connectivity index (χ0n) is 18.1. The third-order valence-electron chi connectivity index (χ3n) is 5.92. The summed E-state index contributed by atoms with van der Waals surface area (Å²) >= 11 is 0. The Labute approximate surface area is 192 Å². The van der Waals surface area contributed by atoms with Gasteiger partial charge in [-0.25, -0.2) is 14.4 Å². The Morgan fingerprint density at radius 1 is 0.727 bits per heavy atom. The predicted molar refractivity (Wildman–Crippen MR) is 127 cm³/mol. The highest BCUT2D eigenvalue weighted by atomic mass is 19.1. The third kappa shape index (κ3) is 4.60. The van der Waals surface area contributed by atoms with Gasteiger partial charge in [0.15, 0.2) is 0 Å². The van der Waals surface area contributed by atoms with E-state index in [0.29, 0.717) is 31.7 Å². The summed E-state index contributed by atoms with van der Waals surface area (Å²) in [5, 5.41) is 0. The van der Waals surface area contributed by atoms with Gasteiger partial charge >= 0.3 is 0 Å². The van der Waals surface area contributed by atoms with Crippen LogP contribution in [-0.4, -0.2) is 47.0 Å². The summed E-state index contributed by atoms with van der Waals surface area (Å²) in [5.74, 6) is 0.580. The van der Waals surface area contributed by atoms with Crippen LogP contribution in [0.5, 0.6) is 0 Å². The van der Waals surface area contributed by atoms with Gasteiger partial charge in [-0.15, -0.1) is 0 Å². The number of hydrogen-bond acceptors (Lipinski definition) is 4. The lowest BCUT2D eigenvalue weighted by Gasteiger charge is -2.35. The van der Waals surface area contributed by atoms with E-state index in [1.54, 1.807) is 12.1 Å². The van der Waals surface area contributed by atoms with Crippen LogP contribution < -0.4 is 4.90 Å². The van der Waals surface area contributed by atoms with Crippen LogP contribution in [0.3, 0.4) is 0 Å². The number of carbonyl (C=O) groups is 1. The second kappa shape index (κ2) is 9.20. The first-order valence-electron chi connectivity index (χ1n) is 10.9. The molecule has 0 radical (unpaired) electrons. The van der Waals surface area contributed by atoms with E-state index in [1.807, 2.05) is 53.4 Å². The minimum absolute atomic E-state index is 0.0453. The zero-order valence-corrected chi connectivity index (χ0v) is 18.1. The fraction of sp³-hybridized carbons (Fsp3) is 0.148. The quantitative estimate of drug-likeness (QED) is 0.454. The van der Waals surface area contributed by atoms with Crippen molar-refractivity contribution in [1.29, 1.82) is 0 Å². The number of hydrogen-bond donors (Lipinski definition) is 0. The van der Waals surface area contributed by atoms with Crippen LogP contribution in [0.15, 0.2) is 91.3 Å². The molecule has 1 aromatic heterocycles. The molecular weight excluding hydrogens is 415 g/mol. The first-order valence-corrected chi connectivity index (χ1v) is 10.9. The number of piperazine rings is 1. The monoisotopic (exact) mass is 438 g/mol. The first-order chi connectivity index (χ1) is 16.2. The van der Waals surface area contributed by atoms with Crippen molar-refractivity contribution in [3.05, 3.63) is 103 Å². The molecule has 0 spiro atoms. The molecule has 2 heterocycles. The van der Waals surface area contributed by atoms with E-state index in [-0.39, 0.29) is 11.7 Å². The number of rotatable bonds is 4. The summed E-state index contributed by atoms with van der Waals surface area (Å²) in [6, 6.07) is 26.1. The maximum atomic E-state index is 13.2. The Morgan fingerprint density at radius 3 is 2.06 bits per heavy atom. The van der Waals surface area contributed by atoms with E-state index in [4.69, 9.17) is 0 Å². The largest absolute Gasteiger partial charge is 0.353 e. The van der Waals surface area contributed by atoms with Crippen molar-refractivity contribution in [2.24, 2.45) is 0 Å². The Morgan fingerprint density at radius 2 is 1.36 bits per heavy atom. The van der Waals surface area contributed by atoms with Gasteiger partial charge < -0.3 is 9.80 Å². The lowest BCUT2D eigenvalue weighted by atomic mass is 10.0. The summed E-state index contributed by atoms with van der Waals surface area (Å²) in [6.07, 6.45) is 1.53. The number of amides is 1. The fourth-order valence-electron chi connectivity index (χ4n) is 4.06. The molecule has 0 aliphatic carbocycles. The number of nitrogens with zero attached hydrogens (tertiary/aromatic N) is 4. The molecule has 1 saturated heterocycles. The number of anilines is 1. The number of halogens is 1. The maximum Gasteiger partial charge on any atom is 0.253 e. The van der Waals surface area contributed by atoms with Gasteiger partial charge in [-0.3, -0.25) is 4.79 Å². The second-order valence-electron chi connectivity index (χ2n) is 7.99. The summed E-state index contributed by atoms with van der Waals surface area (Å²) in [7, 11) is 0. The standard InChI is InChI=1S/C27H23FN4O/c28-24-12-10-22(11-13-24)25-18-26(30-19-29-25)31-14-16-32(17-15-31)27(33)23-8-6-21(7-9-23)20-4-2-1-3-5-20/h1-13,18-19H,14-17H2. The molecule has 1 aliphatic rings. The van der Waals surface area contributed by atoms with Crippen molar-refractivity contribution in [2.45, 2.75) is 0 Å². The topological polar surface area (TPSA) is 49.3 Å². The molecule has 0 atom stereocenters. The molecule has 0 saturated carbocycles. The van der Waals surface area contributed by atoms with Crippen molar-refractivity contribution < 1.29 is 9.18 Å². The molecule has 3 aromatic carbocycles. The minimum atomic E-state index is -0.275. The molecule has 4 aromatic rings. The molecular formula is C27H23FN4O. The Kier molecular flexibility index (Phi) is 5.81. The van der Waals surface area contributed by atoms with Crippen molar-refractivity contribution in [3.8, 4) is 22.4 Å². The van der Waals surface area contributed by atoms with Gasteiger partial charge in [-0.2, -0.15) is 0 Å². The van der Waals surface area contributed by atoms with E-state index in [9.17, 15) is 9.18 Å². The minimum Gasteiger partial charge on any atom is -0.353 e. The lowest BCUT2D eigenvalue weighted by Crippen LogP contribution is -2.49. The zero-order chi connectivity index (χ0) is 22.6. The van der Waals surface area contributed by atoms with Crippen LogP contribution in [0.1, 0.15) is 10.4 Å². The van der Waals surface area contributed by atoms with Crippen LogP contribution >= 0.6 is 0 Å². The van der Waals surface area contributed by atoms with Gasteiger partial charge in [-0.05, 0) is 47.5 Å². The molecule has 33 heavy (non-hydrogen) atoms. The molecule has 1 amide bonds. The summed E-state index contributed by atoms with van der Waals surface area (Å²) in [5.41, 5.74) is 4.52. The Bertz CT molecular complexity index is 1240. The van der Waals surface area contributed by atoms with Crippen molar-refractivity contribution in [3.63, 3.8) is 0 Å². The van der Waals surface area contributed by atoms with E-state index < -0.39 is 0 Å². The average molecular weight is 439 g/mol. The SMILES string of the molecule is O=C(c1ccc(-c2ccccc2)cc1)N1CCN(c2cc(-c3ccc(F)cc3)ncn2)CC1. The molecule has 1 fully saturated rings. The number of benzene rings is 3. The highest BCUT2D eigenvalue weighted by molar-refractivity contribution is 5.95. The van der Waals surface area contributed by atoms with Gasteiger partial charge in [-0.1, -0.05) is 42.5 Å². The maximum absolute atomic E-state index is 13.2. The smallest absolute Gasteiger partial charge is 0.253 e. The average Bonchev–Trinajstić information content (AvgIpc) is 2.89. The van der Waals surface area contributed by atoms with Gasteiger partial charge in [0.2, 0.25) is 0 Å². The lowest BCUT2D eigenvalue weighted by molar-refractivity contribution is 0.0746. The van der Waals surface area contributed by atoms with E-state index >= 15 is 0 Å². The Hall–Kier alpha value is -4.06. The van der Waals surface area contributed by atoms with Crippen LogP contribution in [0, 0.1) is 5.82 Å². The van der Waals surface area contributed by atoms with Crippen molar-refractivity contribution in [1.82, 2.24) is 14.9 Å². The molecule has 0 N–H and O–H groups in total. The van der Waals surface area contributed by atoms with Crippen LogP contribution in [0.2, 0.25) is 0 Å². The van der Waals surface area contributed by atoms with Gasteiger partial charge in [0, 0.05) is 43.4 Å². The molecule has 164 valence electrons. The van der Waals surface area contributed by atoms with Crippen molar-refractivity contribution in [2.75, 3.05) is 31.1 Å². The molecule has 6 heteroatoms. The summed E-state index contributed by atoms with van der Waals surface area (Å²) in [4.78, 5) is 25.8. The molecule has 5 rings (SSSR count). The predicted octanol–water partition coefficient (Wildman–Crippen LogP) is 4.91. The van der Waals surface area contributed by atoms with Gasteiger partial charge in [0.25, 0.3) is 5.91 Å². The van der Waals surface area contributed by atoms with Crippen molar-refractivity contribution >= 4 is 11.7 Å². The number of aromatic nitrogens is 2. The summed E-state index contributed by atoms with van der Waals surface area (Å²) < 4.78 is 13.2. The van der Waals surface area contributed by atoms with Crippen LogP contribution in [0.4, 0.5) is 10.2 Å². The fourth-order valence-corrected chi connectivity index (χ4v) is 4.06. The van der Waals surface area contributed by atoms with E-state index in [1.165, 1.54) is 18.5 Å². The van der Waals surface area contributed by atoms with Gasteiger partial charge in [0.1, 0.15) is 18.0 Å². The molecule has 0 bridgehead atoms. The molecule has 1 aliphatic heterocycles. The normalized spacial score (nSPS) is 13.7. The van der Waals surface area contributed by atoms with E-state index in [0.717, 1.165) is 28.2 Å². The number of carbonyl (C=O) groups excluding carboxylic acids is 1. The third-order valence-corrected chi connectivity index (χ3v) is 5.92. The first kappa shape index (κ1) is 20.8.